The molecule has 0 aliphatic carbocycles. The lowest BCUT2D eigenvalue weighted by Crippen LogP contribution is -2.02. The quantitative estimate of drug-likeness (QED) is 0.600. The fraction of sp³-hybridized carbons (Fsp3) is 0. The van der Waals surface area contributed by atoms with E-state index in [9.17, 15) is 0 Å². The second-order valence-corrected chi connectivity index (χ2v) is 4.51. The van der Waals surface area contributed by atoms with Crippen LogP contribution in [0, 0.1) is 0 Å². The number of benzene rings is 1. The monoisotopic (exact) mass is 277 g/mol. The molecule has 1 aromatic carbocycles. The van der Waals surface area contributed by atoms with E-state index in [1.807, 2.05) is 42.5 Å². The van der Waals surface area contributed by atoms with Crippen molar-refractivity contribution in [3.05, 3.63) is 54.9 Å². The smallest absolute Gasteiger partial charge is 0.190 e. The van der Waals surface area contributed by atoms with Gasteiger partial charge in [-0.3, -0.25) is 0 Å². The maximum atomic E-state index is 6.21. The number of nitrogens with two attached hydrogens (primary N) is 1. The summed E-state index contributed by atoms with van der Waals surface area (Å²) in [6.45, 7) is 0. The molecule has 0 spiro atoms. The SMILES string of the molecule is Nc1c(-c2nnc3cccnn23)cnn1-c1ccccc1. The van der Waals surface area contributed by atoms with Crippen LogP contribution in [0.1, 0.15) is 0 Å². The van der Waals surface area contributed by atoms with Crippen molar-refractivity contribution >= 4 is 11.5 Å². The number of fused-ring (bicyclic) bond motifs is 1. The number of rotatable bonds is 2. The van der Waals surface area contributed by atoms with E-state index >= 15 is 0 Å². The fourth-order valence-corrected chi connectivity index (χ4v) is 2.22. The highest BCUT2D eigenvalue weighted by molar-refractivity contribution is 5.71. The van der Waals surface area contributed by atoms with Crippen LogP contribution in [0.4, 0.5) is 5.82 Å². The van der Waals surface area contributed by atoms with Gasteiger partial charge in [0.25, 0.3) is 0 Å². The number of para-hydroxylation sites is 1. The summed E-state index contributed by atoms with van der Waals surface area (Å²) in [5, 5.41) is 16.8. The standard InChI is InChI=1S/C14H11N7/c15-13-11(9-17-20(13)10-5-2-1-3-6-10)14-19-18-12-7-4-8-16-21(12)14/h1-9H,15H2. The molecule has 0 amide bonds. The predicted octanol–water partition coefficient (Wildman–Crippen LogP) is 1.56. The maximum absolute atomic E-state index is 6.21. The van der Waals surface area contributed by atoms with Gasteiger partial charge in [0.05, 0.1) is 17.4 Å². The van der Waals surface area contributed by atoms with E-state index in [2.05, 4.69) is 20.4 Å². The summed E-state index contributed by atoms with van der Waals surface area (Å²) in [6.07, 6.45) is 3.35. The lowest BCUT2D eigenvalue weighted by atomic mass is 10.3. The Morgan fingerprint density at radius 3 is 2.62 bits per heavy atom. The molecule has 102 valence electrons. The molecule has 0 saturated carbocycles. The Balaban J connectivity index is 1.89. The van der Waals surface area contributed by atoms with Crippen LogP contribution in [0.3, 0.4) is 0 Å². The van der Waals surface area contributed by atoms with E-state index in [-0.39, 0.29) is 0 Å². The van der Waals surface area contributed by atoms with Crippen molar-refractivity contribution in [1.82, 2.24) is 29.6 Å². The van der Waals surface area contributed by atoms with Crippen molar-refractivity contribution in [2.75, 3.05) is 5.73 Å². The first kappa shape index (κ1) is 11.6. The van der Waals surface area contributed by atoms with Crippen LogP contribution >= 0.6 is 0 Å². The number of nitrogens with zero attached hydrogens (tertiary/aromatic N) is 6. The summed E-state index contributed by atoms with van der Waals surface area (Å²) in [5.41, 5.74) is 8.47. The van der Waals surface area contributed by atoms with Crippen molar-refractivity contribution in [2.24, 2.45) is 0 Å². The first-order valence-electron chi connectivity index (χ1n) is 6.40. The Kier molecular flexibility index (Phi) is 2.43. The van der Waals surface area contributed by atoms with Gasteiger partial charge < -0.3 is 5.73 Å². The molecule has 0 atom stereocenters. The molecular formula is C14H11N7. The van der Waals surface area contributed by atoms with Crippen LogP contribution in [0.25, 0.3) is 22.7 Å². The van der Waals surface area contributed by atoms with Crippen molar-refractivity contribution in [3.8, 4) is 17.1 Å². The van der Waals surface area contributed by atoms with Gasteiger partial charge in [-0.2, -0.15) is 14.7 Å². The van der Waals surface area contributed by atoms with Crippen molar-refractivity contribution in [3.63, 3.8) is 0 Å². The molecular weight excluding hydrogens is 266 g/mol. The predicted molar refractivity (Wildman–Crippen MR) is 77.8 cm³/mol. The zero-order chi connectivity index (χ0) is 14.2. The Labute approximate surface area is 119 Å². The third-order valence-corrected chi connectivity index (χ3v) is 3.23. The summed E-state index contributed by atoms with van der Waals surface area (Å²) in [5.74, 6) is 1.08. The van der Waals surface area contributed by atoms with Crippen molar-refractivity contribution < 1.29 is 0 Å². The molecule has 0 unspecified atom stereocenters. The van der Waals surface area contributed by atoms with Crippen LogP contribution in [0.2, 0.25) is 0 Å². The van der Waals surface area contributed by atoms with E-state index in [1.54, 1.807) is 21.6 Å². The molecule has 0 aliphatic rings. The lowest BCUT2D eigenvalue weighted by Gasteiger charge is -2.04. The number of aromatic nitrogens is 6. The van der Waals surface area contributed by atoms with Gasteiger partial charge in [-0.1, -0.05) is 18.2 Å². The molecule has 4 aromatic rings. The largest absolute Gasteiger partial charge is 0.383 e. The van der Waals surface area contributed by atoms with Gasteiger partial charge in [0, 0.05) is 6.20 Å². The third-order valence-electron chi connectivity index (χ3n) is 3.23. The second kappa shape index (κ2) is 4.41. The van der Waals surface area contributed by atoms with Crippen molar-refractivity contribution in [1.29, 1.82) is 0 Å². The Morgan fingerprint density at radius 2 is 1.76 bits per heavy atom. The molecule has 7 heteroatoms. The molecule has 2 N–H and O–H groups in total. The van der Waals surface area contributed by atoms with E-state index < -0.39 is 0 Å². The summed E-state index contributed by atoms with van der Waals surface area (Å²) in [4.78, 5) is 0. The molecule has 0 bridgehead atoms. The number of hydrogen-bond acceptors (Lipinski definition) is 5. The normalized spacial score (nSPS) is 11.0. The molecule has 7 nitrogen and oxygen atoms in total. The number of anilines is 1. The summed E-state index contributed by atoms with van der Waals surface area (Å²) < 4.78 is 3.31. The van der Waals surface area contributed by atoms with Gasteiger partial charge in [-0.25, -0.2) is 4.68 Å². The van der Waals surface area contributed by atoms with Gasteiger partial charge in [0.1, 0.15) is 5.82 Å². The third kappa shape index (κ3) is 1.75. The molecule has 3 aromatic heterocycles. The van der Waals surface area contributed by atoms with Crippen LogP contribution in [0.15, 0.2) is 54.9 Å². The summed E-state index contributed by atoms with van der Waals surface area (Å²) in [7, 11) is 0. The van der Waals surface area contributed by atoms with Gasteiger partial charge in [0.2, 0.25) is 0 Å². The molecule has 4 rings (SSSR count). The first-order chi connectivity index (χ1) is 10.3. The zero-order valence-electron chi connectivity index (χ0n) is 11.0. The lowest BCUT2D eigenvalue weighted by molar-refractivity contribution is 0.891. The first-order valence-corrected chi connectivity index (χ1v) is 6.40. The Bertz CT molecular complexity index is 907. The number of hydrogen-bond donors (Lipinski definition) is 1. The zero-order valence-corrected chi connectivity index (χ0v) is 11.0. The van der Waals surface area contributed by atoms with Gasteiger partial charge >= 0.3 is 0 Å². The Morgan fingerprint density at radius 1 is 0.905 bits per heavy atom. The molecule has 0 radical (unpaired) electrons. The molecule has 0 fully saturated rings. The van der Waals surface area contributed by atoms with E-state index in [1.165, 1.54) is 0 Å². The summed E-state index contributed by atoms with van der Waals surface area (Å²) >= 11 is 0. The van der Waals surface area contributed by atoms with E-state index in [0.717, 1.165) is 5.69 Å². The van der Waals surface area contributed by atoms with Crippen LogP contribution in [0.5, 0.6) is 0 Å². The van der Waals surface area contributed by atoms with Crippen LogP contribution in [-0.4, -0.2) is 29.6 Å². The Hall–Kier alpha value is -3.22. The molecule has 0 saturated heterocycles. The molecule has 21 heavy (non-hydrogen) atoms. The fourth-order valence-electron chi connectivity index (χ4n) is 2.22. The highest BCUT2D eigenvalue weighted by atomic mass is 15.4. The highest BCUT2D eigenvalue weighted by Gasteiger charge is 2.16. The summed E-state index contributed by atoms with van der Waals surface area (Å²) in [6, 6.07) is 13.3. The second-order valence-electron chi connectivity index (χ2n) is 4.51. The minimum absolute atomic E-state index is 0.501. The van der Waals surface area contributed by atoms with Crippen LogP contribution < -0.4 is 5.73 Å². The van der Waals surface area contributed by atoms with Crippen molar-refractivity contribution in [2.45, 2.75) is 0 Å². The minimum atomic E-state index is 0.501. The molecule has 0 aliphatic heterocycles. The average molecular weight is 277 g/mol. The van der Waals surface area contributed by atoms with E-state index in [4.69, 9.17) is 5.73 Å². The van der Waals surface area contributed by atoms with Gasteiger partial charge in [-0.15, -0.1) is 10.2 Å². The number of nitrogen functional groups attached to an aromatic ring is 1. The molecule has 3 heterocycles. The maximum Gasteiger partial charge on any atom is 0.190 e. The van der Waals surface area contributed by atoms with Gasteiger partial charge in [0.15, 0.2) is 11.5 Å². The highest BCUT2D eigenvalue weighted by Crippen LogP contribution is 2.25. The minimum Gasteiger partial charge on any atom is -0.383 e. The van der Waals surface area contributed by atoms with E-state index in [0.29, 0.717) is 22.9 Å². The topological polar surface area (TPSA) is 86.9 Å². The average Bonchev–Trinajstić information content (AvgIpc) is 3.11. The van der Waals surface area contributed by atoms with Gasteiger partial charge in [-0.05, 0) is 24.3 Å². The van der Waals surface area contributed by atoms with Crippen LogP contribution in [-0.2, 0) is 0 Å².